The van der Waals surface area contributed by atoms with E-state index >= 15 is 0 Å². The molecular weight excluding hydrogens is 195 g/mol. The zero-order valence-corrected chi connectivity index (χ0v) is 8.05. The lowest BCUT2D eigenvalue weighted by Gasteiger charge is -2.08. The molecule has 1 rings (SSSR count). The van der Waals surface area contributed by atoms with Crippen LogP contribution in [0.15, 0.2) is 36.9 Å². The van der Waals surface area contributed by atoms with Crippen LogP contribution in [0.3, 0.4) is 0 Å². The van der Waals surface area contributed by atoms with E-state index in [9.17, 15) is 4.79 Å². The molecule has 1 aromatic rings. The number of carbonyl (C=O) groups is 1. The average Bonchev–Trinajstić information content (AvgIpc) is 2.28. The third-order valence-electron chi connectivity index (χ3n) is 1.69. The number of benzene rings is 1. The van der Waals surface area contributed by atoms with E-state index in [1.54, 1.807) is 24.3 Å². The highest BCUT2D eigenvalue weighted by atomic mass is 16.5. The van der Waals surface area contributed by atoms with Crippen molar-refractivity contribution in [3.05, 3.63) is 42.5 Å². The molecule has 0 unspecified atom stereocenters. The van der Waals surface area contributed by atoms with Gasteiger partial charge >= 0.3 is 13.7 Å². The Kier molecular flexibility index (Phi) is 4.44. The quantitative estimate of drug-likeness (QED) is 0.439. The van der Waals surface area contributed by atoms with E-state index < -0.39 is 5.97 Å². The van der Waals surface area contributed by atoms with Crippen molar-refractivity contribution >= 4 is 13.7 Å². The Bertz CT molecular complexity index is 351. The second kappa shape index (κ2) is 5.88. The first-order chi connectivity index (χ1) is 7.27. The zero-order chi connectivity index (χ0) is 11.1. The summed E-state index contributed by atoms with van der Waals surface area (Å²) in [5, 5.41) is 8.50. The molecule has 77 valence electrons. The summed E-state index contributed by atoms with van der Waals surface area (Å²) in [7, 11) is 0.578. The lowest BCUT2D eigenvalue weighted by molar-refractivity contribution is -0.138. The van der Waals surface area contributed by atoms with Gasteiger partial charge in [-0.2, -0.15) is 0 Å². The summed E-state index contributed by atoms with van der Waals surface area (Å²) in [6, 6.07) is 6.91. The molecule has 1 aromatic carbocycles. The summed E-state index contributed by atoms with van der Waals surface area (Å²) < 4.78 is 9.65. The van der Waals surface area contributed by atoms with Gasteiger partial charge in [-0.1, -0.05) is 24.8 Å². The van der Waals surface area contributed by atoms with Crippen molar-refractivity contribution in [2.75, 3.05) is 0 Å². The second-order valence-corrected chi connectivity index (χ2v) is 2.64. The molecule has 0 aliphatic rings. The Morgan fingerprint density at radius 1 is 1.53 bits per heavy atom. The molecule has 0 amide bonds. The monoisotopic (exact) mass is 205 g/mol. The summed E-state index contributed by atoms with van der Waals surface area (Å²) in [5.74, 6) is -0.0605. The Morgan fingerprint density at radius 3 is 2.93 bits per heavy atom. The molecule has 0 bridgehead atoms. The lowest BCUT2D eigenvalue weighted by Crippen LogP contribution is -2.05. The summed E-state index contributed by atoms with van der Waals surface area (Å²) in [5.41, 5.74) is 0.665. The molecule has 0 atom stereocenters. The van der Waals surface area contributed by atoms with Gasteiger partial charge in [0.25, 0.3) is 0 Å². The molecule has 4 nitrogen and oxygen atoms in total. The third kappa shape index (κ3) is 3.48. The fourth-order valence-corrected chi connectivity index (χ4v) is 1.00. The van der Waals surface area contributed by atoms with Crippen LogP contribution in [0.2, 0.25) is 0 Å². The zero-order valence-electron chi connectivity index (χ0n) is 8.05. The van der Waals surface area contributed by atoms with E-state index in [4.69, 9.17) is 14.4 Å². The van der Waals surface area contributed by atoms with Crippen molar-refractivity contribution in [3.63, 3.8) is 0 Å². The highest BCUT2D eigenvalue weighted by molar-refractivity contribution is 6.17. The Labute approximate surface area is 88.4 Å². The topological polar surface area (TPSA) is 55.8 Å². The number of carbonyl (C=O) groups excluding carboxylic acids is 1. The maximum absolute atomic E-state index is 10.8. The second-order valence-electron chi connectivity index (χ2n) is 2.64. The molecule has 5 heteroatoms. The first-order valence-electron chi connectivity index (χ1n) is 4.27. The van der Waals surface area contributed by atoms with Crippen LogP contribution < -0.4 is 4.65 Å². The molecule has 15 heavy (non-hydrogen) atoms. The largest absolute Gasteiger partial charge is 0.569 e. The highest BCUT2D eigenvalue weighted by Crippen LogP contribution is 2.18. The first kappa shape index (κ1) is 11.3. The van der Waals surface area contributed by atoms with E-state index in [-0.39, 0.29) is 6.61 Å². The van der Waals surface area contributed by atoms with Crippen LogP contribution in [-0.2, 0) is 16.1 Å². The Hall–Kier alpha value is -1.75. The van der Waals surface area contributed by atoms with E-state index in [0.29, 0.717) is 19.0 Å². The first-order valence-corrected chi connectivity index (χ1v) is 4.27. The van der Waals surface area contributed by atoms with Crippen molar-refractivity contribution in [1.82, 2.24) is 0 Å². The van der Waals surface area contributed by atoms with Crippen LogP contribution in [0.25, 0.3) is 0 Å². The Morgan fingerprint density at radius 2 is 2.27 bits per heavy atom. The van der Waals surface area contributed by atoms with Gasteiger partial charge in [-0.25, -0.2) is 4.79 Å². The van der Waals surface area contributed by atoms with E-state index in [2.05, 4.69) is 6.58 Å². The van der Waals surface area contributed by atoms with Crippen LogP contribution in [0.5, 0.6) is 5.75 Å². The normalized spacial score (nSPS) is 9.13. The fraction of sp³-hybridized carbons (Fsp3) is 0.100. The van der Waals surface area contributed by atoms with Crippen molar-refractivity contribution in [2.45, 2.75) is 6.61 Å². The molecule has 1 radical (unpaired) electrons. The number of esters is 1. The SMILES string of the molecule is C=CC(=O)OCc1ccccc1O[B]O. The van der Waals surface area contributed by atoms with E-state index in [0.717, 1.165) is 6.08 Å². The molecule has 0 aliphatic heterocycles. The molecule has 0 saturated heterocycles. The summed E-state index contributed by atoms with van der Waals surface area (Å²) >= 11 is 0. The van der Waals surface area contributed by atoms with Crippen LogP contribution in [-0.4, -0.2) is 18.7 Å². The third-order valence-corrected chi connectivity index (χ3v) is 1.69. The van der Waals surface area contributed by atoms with Crippen molar-refractivity contribution in [2.24, 2.45) is 0 Å². The molecule has 0 aliphatic carbocycles. The average molecular weight is 205 g/mol. The van der Waals surface area contributed by atoms with Gasteiger partial charge in [0.2, 0.25) is 0 Å². The van der Waals surface area contributed by atoms with Gasteiger partial charge in [-0.05, 0) is 6.07 Å². The number of para-hydroxylation sites is 1. The molecule has 0 saturated carbocycles. The molecule has 1 N–H and O–H groups in total. The van der Waals surface area contributed by atoms with Gasteiger partial charge in [0.15, 0.2) is 0 Å². The van der Waals surface area contributed by atoms with Gasteiger partial charge in [0, 0.05) is 11.6 Å². The molecule has 0 spiro atoms. The predicted octanol–water partition coefficient (Wildman–Crippen LogP) is 0.821. The fourth-order valence-electron chi connectivity index (χ4n) is 1.00. The number of ether oxygens (including phenoxy) is 1. The minimum atomic E-state index is -0.502. The van der Waals surface area contributed by atoms with Gasteiger partial charge < -0.3 is 14.4 Å². The standard InChI is InChI=1S/C10H10BO4/c1-2-10(12)14-7-8-5-3-4-6-9(8)15-11-13/h2-6,13H,1,7H2. The minimum absolute atomic E-state index is 0.0782. The smallest absolute Gasteiger partial charge is 0.537 e. The molecular formula is C10H10BO4. The highest BCUT2D eigenvalue weighted by Gasteiger charge is 2.05. The van der Waals surface area contributed by atoms with E-state index in [1.807, 2.05) is 0 Å². The Balaban J connectivity index is 2.66. The summed E-state index contributed by atoms with van der Waals surface area (Å²) in [6.45, 7) is 3.36. The van der Waals surface area contributed by atoms with Crippen LogP contribution in [0.1, 0.15) is 5.56 Å². The van der Waals surface area contributed by atoms with Crippen LogP contribution in [0, 0.1) is 0 Å². The van der Waals surface area contributed by atoms with Gasteiger partial charge in [0.1, 0.15) is 12.4 Å². The number of hydrogen-bond donors (Lipinski definition) is 1. The van der Waals surface area contributed by atoms with Gasteiger partial charge in [0.05, 0.1) is 0 Å². The number of hydrogen-bond acceptors (Lipinski definition) is 4. The van der Waals surface area contributed by atoms with Gasteiger partial charge in [-0.15, -0.1) is 0 Å². The predicted molar refractivity (Wildman–Crippen MR) is 55.0 cm³/mol. The van der Waals surface area contributed by atoms with Gasteiger partial charge in [-0.3, -0.25) is 0 Å². The van der Waals surface area contributed by atoms with Crippen molar-refractivity contribution < 1.29 is 19.2 Å². The van der Waals surface area contributed by atoms with Crippen molar-refractivity contribution in [3.8, 4) is 5.75 Å². The van der Waals surface area contributed by atoms with E-state index in [1.165, 1.54) is 0 Å². The van der Waals surface area contributed by atoms with Crippen LogP contribution in [0.4, 0.5) is 0 Å². The number of rotatable bonds is 5. The minimum Gasteiger partial charge on any atom is -0.537 e. The lowest BCUT2D eigenvalue weighted by atomic mass is 10.2. The maximum atomic E-state index is 10.8. The molecule has 0 fully saturated rings. The molecule has 0 heterocycles. The maximum Gasteiger partial charge on any atom is 0.569 e. The molecule has 0 aromatic heterocycles. The van der Waals surface area contributed by atoms with Crippen molar-refractivity contribution in [1.29, 1.82) is 0 Å². The summed E-state index contributed by atoms with van der Waals surface area (Å²) in [6.07, 6.45) is 1.08. The van der Waals surface area contributed by atoms with Crippen LogP contribution >= 0.6 is 0 Å². The summed E-state index contributed by atoms with van der Waals surface area (Å²) in [4.78, 5) is 10.8.